The van der Waals surface area contributed by atoms with E-state index < -0.39 is 70.5 Å². The molecular weight excluding hydrogens is 1660 g/mol. The Hall–Kier alpha value is -10.7. The summed E-state index contributed by atoms with van der Waals surface area (Å²) >= 11 is 8.22. The Morgan fingerprint density at radius 2 is 0.756 bits per heavy atom. The highest BCUT2D eigenvalue weighted by atomic mass is 35.5. The Balaban J connectivity index is 0.000000103. The summed E-state index contributed by atoms with van der Waals surface area (Å²) in [6, 6.07) is 23.2. The fourth-order valence-electron chi connectivity index (χ4n) is 22.1. The van der Waals surface area contributed by atoms with Crippen molar-refractivity contribution in [2.75, 3.05) is 38.8 Å². The van der Waals surface area contributed by atoms with Gasteiger partial charge in [-0.05, 0) is 190 Å². The molecule has 34 heteroatoms. The van der Waals surface area contributed by atoms with E-state index in [2.05, 4.69) is 113 Å². The second-order valence-corrected chi connectivity index (χ2v) is 38.2. The van der Waals surface area contributed by atoms with E-state index in [4.69, 9.17) is 30.5 Å². The number of aromatic nitrogens is 19. The number of hydrogen-bond donors (Lipinski definition) is 9. The van der Waals surface area contributed by atoms with Crippen LogP contribution in [0.5, 0.6) is 0 Å². The maximum atomic E-state index is 11.1. The molecule has 32 nitrogen and oxygen atoms in total. The van der Waals surface area contributed by atoms with Crippen LogP contribution >= 0.6 is 22.9 Å². The number of anilines is 1. The third-order valence-electron chi connectivity index (χ3n) is 29.5. The molecule has 24 rings (SSSR count). The van der Waals surface area contributed by atoms with Crippen molar-refractivity contribution in [2.24, 2.45) is 21.7 Å². The van der Waals surface area contributed by atoms with Gasteiger partial charge in [-0.3, -0.25) is 0 Å². The molecule has 8 aliphatic rings. The zero-order chi connectivity index (χ0) is 87.8. The summed E-state index contributed by atoms with van der Waals surface area (Å²) in [7, 11) is 1.87. The summed E-state index contributed by atoms with van der Waals surface area (Å²) in [5.74, 6) is 0. The van der Waals surface area contributed by atoms with Crippen molar-refractivity contribution < 1.29 is 59.8 Å². The van der Waals surface area contributed by atoms with Gasteiger partial charge in [0.1, 0.15) is 89.3 Å². The lowest BCUT2D eigenvalue weighted by atomic mass is 9.80. The topological polar surface area (TPSA) is 398 Å². The lowest BCUT2D eigenvalue weighted by molar-refractivity contribution is -0.0309. The highest BCUT2D eigenvalue weighted by Crippen LogP contribution is 2.60. The number of nitrogens with zero attached hydrogens (tertiary/aromatic N) is 19. The van der Waals surface area contributed by atoms with E-state index in [-0.39, 0.29) is 48.6 Å². The Morgan fingerprint density at radius 3 is 1.17 bits per heavy atom. The van der Waals surface area contributed by atoms with Gasteiger partial charge in [0, 0.05) is 129 Å². The molecule has 4 saturated carbocycles. The highest BCUT2D eigenvalue weighted by Gasteiger charge is 2.62. The predicted molar refractivity (Wildman–Crippen MR) is 473 cm³/mol. The van der Waals surface area contributed by atoms with Crippen LogP contribution in [0.4, 0.5) is 5.13 Å². The van der Waals surface area contributed by atoms with Crippen LogP contribution in [0.25, 0.3) is 71.3 Å². The van der Waals surface area contributed by atoms with Crippen LogP contribution in [0, 0.1) is 77.0 Å². The zero-order valence-electron chi connectivity index (χ0n) is 71.7. The van der Waals surface area contributed by atoms with Crippen LogP contribution in [0.15, 0.2) is 154 Å². The molecule has 4 aliphatic carbocycles. The normalized spacial score (nSPS) is 30.4. The average Bonchev–Trinajstić information content (AvgIpc) is 1.59. The zero-order valence-corrected chi connectivity index (χ0v) is 73.2. The van der Waals surface area contributed by atoms with Gasteiger partial charge in [0.05, 0.1) is 143 Å². The molecule has 4 spiro atoms. The number of aliphatic hydroxyl groups is 8. The number of rotatable bonds is 9. The molecule has 16 aromatic rings. The number of thiazole rings is 1. The maximum Gasteiger partial charge on any atom is 0.183 e. The first-order valence-corrected chi connectivity index (χ1v) is 44.5. The summed E-state index contributed by atoms with van der Waals surface area (Å²) in [4.78, 5) is 52.9. The number of benzene rings is 1. The van der Waals surface area contributed by atoms with Gasteiger partial charge in [0.15, 0.2) is 5.13 Å². The minimum absolute atomic E-state index is 0.131. The maximum absolute atomic E-state index is 11.1. The van der Waals surface area contributed by atoms with Gasteiger partial charge >= 0.3 is 0 Å². The first-order chi connectivity index (χ1) is 61.2. The van der Waals surface area contributed by atoms with E-state index in [0.717, 1.165) is 144 Å². The average molecular weight is 1760 g/mol. The third-order valence-corrected chi connectivity index (χ3v) is 30.9. The van der Waals surface area contributed by atoms with E-state index >= 15 is 0 Å². The summed E-state index contributed by atoms with van der Waals surface area (Å²) in [6.45, 7) is 17.5. The number of aliphatic hydroxyl groups excluding tert-OH is 8. The predicted octanol–water partition coefficient (Wildman–Crippen LogP) is 11.7. The minimum atomic E-state index is -0.920. The van der Waals surface area contributed by atoms with Crippen LogP contribution in [-0.2, 0) is 18.9 Å². The van der Waals surface area contributed by atoms with Gasteiger partial charge in [-0.15, -0.1) is 0 Å². The number of pyridine rings is 3. The van der Waals surface area contributed by atoms with Crippen LogP contribution < -0.4 is 5.32 Å². The second kappa shape index (κ2) is 31.6. The number of ether oxygens (including phenoxy) is 4. The number of imidazole rings is 3. The van der Waals surface area contributed by atoms with Gasteiger partial charge in [0.2, 0.25) is 0 Å². The fraction of sp³-hybridized carbons (Fsp3) is 0.441. The Morgan fingerprint density at radius 1 is 0.386 bits per heavy atom. The van der Waals surface area contributed by atoms with Gasteiger partial charge < -0.3 is 96.6 Å². The number of nitrogens with one attached hydrogen (secondary N) is 1. The van der Waals surface area contributed by atoms with E-state index in [1.807, 2.05) is 169 Å². The minimum Gasteiger partial charge on any atom is -0.390 e. The van der Waals surface area contributed by atoms with Crippen molar-refractivity contribution in [2.45, 2.75) is 204 Å². The quantitative estimate of drug-likeness (QED) is 0.0648. The van der Waals surface area contributed by atoms with Crippen molar-refractivity contribution >= 4 is 99.4 Å². The van der Waals surface area contributed by atoms with Crippen molar-refractivity contribution in [1.82, 2.24) is 91.3 Å². The smallest absolute Gasteiger partial charge is 0.183 e. The molecule has 0 unspecified atom stereocenters. The Kier molecular flexibility index (Phi) is 20.7. The molecule has 4 saturated heterocycles. The standard InChI is InChI=1S/C24H27N5O3.C23H24ClN5O3.C23H25N5O3S.C23H25N5O3/c1-13-15(3)28-6-4-16(8-20(28)27-13)19-10-24(11-32-19)9-18(21(30)22(24)31)29-7-5-17-14(2)25-12-26-23(17)29;1-12-8-25-19-5-15(16(24)9-29(12)19)18-7-23(10-32-18)6-17(20(30)21(23)31)28-4-3-14-13(2)26-11-27-22(14)28;1-12-14-5-6-28(21(14)26-11-25-12)16-8-23(20(30)19(16)29)9-17(31-10-23)13-3-4-18-15(7-13)27-22(24-2)32-18;1-13-10-24-19-7-15(3-5-27(13)19)18-9-23(11-31-18)8-17(20(29)21(23)30)28-6-4-16-14(2)25-12-26-22(16)28/h4-8,12,18-19,21-22,30-31H,9-11H2,1-3H3;3-5,8-9,11,17-18,20-21,30-31H,6-7,10H2,1-2H3;3-7,11,16-17,19-20,29-30H,8-10H2,1-2H3,(H,24,27);3-7,10,12,17-18,20-21,29-30H,8-9,11H2,1-2H3/t18-,19-,21+,22+,24-;17-,18-,20+,21+,23-;16-,17-,19+,20+,23-;17-,18-,20+,21+,23-/m1111/s1. The molecule has 127 heavy (non-hydrogen) atoms. The number of fused-ring (bicyclic) bond motifs is 8. The molecule has 0 radical (unpaired) electrons. The van der Waals surface area contributed by atoms with Gasteiger partial charge in [-0.1, -0.05) is 29.0 Å². The first-order valence-electron chi connectivity index (χ1n) is 43.4. The molecule has 1 aromatic carbocycles. The number of halogens is 1. The molecule has 0 bridgehead atoms. The Labute approximate surface area is 737 Å². The molecule has 8 fully saturated rings. The summed E-state index contributed by atoms with van der Waals surface area (Å²) in [5.41, 5.74) is 16.5. The summed E-state index contributed by atoms with van der Waals surface area (Å²) < 4.78 is 39.9. The van der Waals surface area contributed by atoms with Gasteiger partial charge in [-0.2, -0.15) is 0 Å². The first kappa shape index (κ1) is 83.2. The lowest BCUT2D eigenvalue weighted by Crippen LogP contribution is -2.37. The monoisotopic (exact) mass is 1760 g/mol. The van der Waals surface area contributed by atoms with Gasteiger partial charge in [-0.25, -0.2) is 59.8 Å². The molecule has 20 atom stereocenters. The fourth-order valence-corrected chi connectivity index (χ4v) is 23.2. The molecule has 15 aromatic heterocycles. The van der Waals surface area contributed by atoms with Crippen LogP contribution in [0.3, 0.4) is 0 Å². The number of aryl methyl sites for hydroxylation is 8. The van der Waals surface area contributed by atoms with Crippen molar-refractivity contribution in [3.63, 3.8) is 0 Å². The van der Waals surface area contributed by atoms with Crippen molar-refractivity contribution in [3.8, 4) is 0 Å². The molecule has 9 N–H and O–H groups in total. The summed E-state index contributed by atoms with van der Waals surface area (Å²) in [6.07, 6.45) is 20.7. The highest BCUT2D eigenvalue weighted by molar-refractivity contribution is 7.22. The third kappa shape index (κ3) is 13.7. The largest absolute Gasteiger partial charge is 0.390 e. The molecule has 658 valence electrons. The van der Waals surface area contributed by atoms with E-state index in [9.17, 15) is 40.9 Å². The molecule has 4 aliphatic heterocycles. The van der Waals surface area contributed by atoms with Crippen molar-refractivity contribution in [1.29, 1.82) is 0 Å². The van der Waals surface area contributed by atoms with Crippen LogP contribution in [0.2, 0.25) is 5.02 Å². The van der Waals surface area contributed by atoms with E-state index in [1.54, 1.807) is 36.5 Å². The van der Waals surface area contributed by atoms with Gasteiger partial charge in [0.25, 0.3) is 0 Å². The second-order valence-electron chi connectivity index (χ2n) is 36.7. The number of hydrogen-bond acceptors (Lipinski definition) is 26. The van der Waals surface area contributed by atoms with Crippen molar-refractivity contribution in [3.05, 3.63) is 227 Å². The molecule has 0 amide bonds. The van der Waals surface area contributed by atoms with E-state index in [1.165, 1.54) is 6.33 Å². The molecule has 19 heterocycles. The van der Waals surface area contributed by atoms with Crippen LogP contribution in [0.1, 0.15) is 168 Å². The SMILES string of the molecule is CNc1nc2cc([C@H]3C[C@@]4(CO3)C[C@@H](n3ccc5c(C)ncnc53)[C@H](O)[C@@H]4O)ccc2s1.Cc1nc2cc([C@H]3C[C@@]4(CO3)C[C@@H](n3ccc5c(C)ncnc53)[C@H](O)[C@@H]4O)ccn2c1C.Cc1ncnc2c1ccn2[C@@H]1C[C@@]2(CO[C@@H](c3cc4ncc(C)n4cc3Cl)C2)[C@@H](O)[C@H]1O.Cc1ncnc2c1ccn2[C@@H]1C[C@@]2(CO[C@@H](c3ccn4c(C)cnc4c3)C2)[C@@H](O)[C@H]1O. The van der Waals surface area contributed by atoms with Crippen LogP contribution in [-0.4, -0.2) is 214 Å². The Bertz CT molecular complexity index is 6940. The summed E-state index contributed by atoms with van der Waals surface area (Å²) in [5, 5.41) is 97.0. The van der Waals surface area contributed by atoms with E-state index in [0.29, 0.717) is 82.8 Å². The lowest BCUT2D eigenvalue weighted by Gasteiger charge is -2.26. The molecular formula is C93H101ClN20O12S.